The van der Waals surface area contributed by atoms with E-state index >= 15 is 0 Å². The van der Waals surface area contributed by atoms with Crippen molar-refractivity contribution < 1.29 is 13.6 Å². The second-order valence-electron chi connectivity index (χ2n) is 6.03. The lowest BCUT2D eigenvalue weighted by Gasteiger charge is -2.07. The molecule has 0 aliphatic heterocycles. The molecule has 0 saturated heterocycles. The number of thiazole rings is 1. The maximum absolute atomic E-state index is 13.8. The zero-order chi connectivity index (χ0) is 19.9. The monoisotopic (exact) mass is 390 g/mol. The summed E-state index contributed by atoms with van der Waals surface area (Å²) in [5.74, 6) is -2.19. The van der Waals surface area contributed by atoms with Crippen LogP contribution in [0.25, 0.3) is 10.6 Å². The number of hydrogen-bond donors (Lipinski definition) is 1. The molecule has 1 aromatic carbocycles. The van der Waals surface area contributed by atoms with E-state index in [0.29, 0.717) is 33.6 Å². The van der Waals surface area contributed by atoms with Gasteiger partial charge in [-0.25, -0.2) is 18.4 Å². The molecule has 0 aliphatic carbocycles. The third kappa shape index (κ3) is 3.50. The Kier molecular flexibility index (Phi) is 4.88. The molecule has 0 spiro atoms. The zero-order valence-corrected chi connectivity index (χ0v) is 15.9. The highest BCUT2D eigenvalue weighted by molar-refractivity contribution is 7.17. The topological polar surface area (TPSA) is 76.9 Å². The van der Waals surface area contributed by atoms with Gasteiger partial charge in [-0.1, -0.05) is 0 Å². The summed E-state index contributed by atoms with van der Waals surface area (Å²) >= 11 is 1.03. The average Bonchev–Trinajstić information content (AvgIpc) is 2.97. The Balaban J connectivity index is 2.00. The lowest BCUT2D eigenvalue weighted by Crippen LogP contribution is -2.23. The van der Waals surface area contributed by atoms with Crippen LogP contribution < -0.4 is 10.9 Å². The van der Waals surface area contributed by atoms with Crippen LogP contribution in [0.4, 0.5) is 14.5 Å². The molecule has 27 heavy (non-hydrogen) atoms. The van der Waals surface area contributed by atoms with Crippen LogP contribution in [0, 0.1) is 32.4 Å². The van der Waals surface area contributed by atoms with Gasteiger partial charge in [0.05, 0.1) is 22.6 Å². The summed E-state index contributed by atoms with van der Waals surface area (Å²) in [6.45, 7) is 5.18. The normalized spacial score (nSPS) is 10.9. The molecule has 0 unspecified atom stereocenters. The van der Waals surface area contributed by atoms with Crippen LogP contribution in [0.2, 0.25) is 0 Å². The van der Waals surface area contributed by atoms with Crippen molar-refractivity contribution in [3.8, 4) is 10.6 Å². The molecule has 3 rings (SSSR count). The predicted octanol–water partition coefficient (Wildman–Crippen LogP) is 3.36. The molecule has 3 aromatic rings. The van der Waals surface area contributed by atoms with Crippen molar-refractivity contribution in [2.45, 2.75) is 20.8 Å². The fourth-order valence-electron chi connectivity index (χ4n) is 2.58. The number of benzene rings is 1. The number of halogens is 2. The smallest absolute Gasteiger partial charge is 0.277 e. The molecule has 6 nitrogen and oxygen atoms in total. The number of hydrogen-bond acceptors (Lipinski definition) is 5. The van der Waals surface area contributed by atoms with Gasteiger partial charge >= 0.3 is 0 Å². The van der Waals surface area contributed by atoms with Crippen LogP contribution in [-0.4, -0.2) is 20.7 Å². The van der Waals surface area contributed by atoms with Crippen LogP contribution in [0.1, 0.15) is 26.6 Å². The molecule has 0 radical (unpaired) electrons. The molecule has 1 amide bonds. The second-order valence-corrected chi connectivity index (χ2v) is 7.03. The van der Waals surface area contributed by atoms with Gasteiger partial charge < -0.3 is 5.32 Å². The van der Waals surface area contributed by atoms with E-state index in [-0.39, 0.29) is 16.1 Å². The largest absolute Gasteiger partial charge is 0.319 e. The van der Waals surface area contributed by atoms with E-state index in [9.17, 15) is 18.4 Å². The van der Waals surface area contributed by atoms with Crippen LogP contribution in [-0.2, 0) is 7.05 Å². The summed E-state index contributed by atoms with van der Waals surface area (Å²) in [6.07, 6.45) is 0. The zero-order valence-electron chi connectivity index (χ0n) is 15.1. The first-order valence-electron chi connectivity index (χ1n) is 7.97. The maximum atomic E-state index is 13.8. The molecule has 0 fully saturated rings. The number of nitrogens with zero attached hydrogens (tertiary/aromatic N) is 3. The Labute approximate surface area is 157 Å². The van der Waals surface area contributed by atoms with Crippen molar-refractivity contribution in [3.63, 3.8) is 0 Å². The van der Waals surface area contributed by atoms with Gasteiger partial charge in [0.25, 0.3) is 11.5 Å². The van der Waals surface area contributed by atoms with Crippen LogP contribution in [0.3, 0.4) is 0 Å². The summed E-state index contributed by atoms with van der Waals surface area (Å²) in [7, 11) is 1.55. The highest BCUT2D eigenvalue weighted by atomic mass is 32.1. The summed E-state index contributed by atoms with van der Waals surface area (Å²) in [6, 6.07) is 2.88. The number of aromatic nitrogens is 3. The summed E-state index contributed by atoms with van der Waals surface area (Å²) in [5.41, 5.74) is 1.70. The summed E-state index contributed by atoms with van der Waals surface area (Å²) < 4.78 is 28.0. The fourth-order valence-corrected chi connectivity index (χ4v) is 3.64. The van der Waals surface area contributed by atoms with Gasteiger partial charge in [-0.05, 0) is 38.5 Å². The Morgan fingerprint density at radius 1 is 1.19 bits per heavy atom. The van der Waals surface area contributed by atoms with E-state index in [0.717, 1.165) is 23.5 Å². The van der Waals surface area contributed by atoms with Gasteiger partial charge in [-0.2, -0.15) is 5.10 Å². The minimum atomic E-state index is -0.875. The first-order chi connectivity index (χ1) is 12.7. The highest BCUT2D eigenvalue weighted by Crippen LogP contribution is 2.29. The Bertz CT molecular complexity index is 1120. The van der Waals surface area contributed by atoms with E-state index in [4.69, 9.17) is 0 Å². The highest BCUT2D eigenvalue weighted by Gasteiger charge is 2.21. The predicted molar refractivity (Wildman–Crippen MR) is 99.1 cm³/mol. The van der Waals surface area contributed by atoms with Crippen molar-refractivity contribution in [1.82, 2.24) is 14.8 Å². The van der Waals surface area contributed by atoms with Gasteiger partial charge in [0.15, 0.2) is 0 Å². The van der Waals surface area contributed by atoms with Gasteiger partial charge in [-0.3, -0.25) is 9.59 Å². The number of rotatable bonds is 3. The van der Waals surface area contributed by atoms with E-state index in [1.54, 1.807) is 27.8 Å². The van der Waals surface area contributed by atoms with Crippen LogP contribution in [0.5, 0.6) is 0 Å². The van der Waals surface area contributed by atoms with E-state index in [2.05, 4.69) is 15.4 Å². The van der Waals surface area contributed by atoms with Crippen LogP contribution >= 0.6 is 11.3 Å². The Morgan fingerprint density at radius 2 is 1.89 bits per heavy atom. The number of amides is 1. The lowest BCUT2D eigenvalue weighted by atomic mass is 10.1. The van der Waals surface area contributed by atoms with E-state index < -0.39 is 17.5 Å². The standard InChI is InChI=1S/C18H16F2N4O2S/c1-8-9(2)23-24(4)18(26)14(8)17-21-10(3)15(27-17)16(25)22-13-6-5-11(19)7-12(13)20/h5-7H,1-4H3,(H,22,25). The molecule has 2 heterocycles. The van der Waals surface area contributed by atoms with Gasteiger partial charge in [0, 0.05) is 13.1 Å². The summed E-state index contributed by atoms with van der Waals surface area (Å²) in [5, 5.41) is 6.92. The molecule has 0 bridgehead atoms. The molecule has 2 aromatic heterocycles. The Morgan fingerprint density at radius 3 is 2.56 bits per heavy atom. The number of nitrogens with one attached hydrogen (secondary N) is 1. The van der Waals surface area contributed by atoms with Crippen molar-refractivity contribution in [2.24, 2.45) is 7.05 Å². The molecule has 0 atom stereocenters. The maximum Gasteiger partial charge on any atom is 0.277 e. The molecular formula is C18H16F2N4O2S. The minimum absolute atomic E-state index is 0.136. The molecule has 0 saturated carbocycles. The fraction of sp³-hybridized carbons (Fsp3) is 0.222. The molecular weight excluding hydrogens is 374 g/mol. The molecule has 140 valence electrons. The molecule has 9 heteroatoms. The van der Waals surface area contributed by atoms with Crippen molar-refractivity contribution in [3.05, 3.63) is 62.0 Å². The number of carbonyl (C=O) groups is 1. The average molecular weight is 390 g/mol. The van der Waals surface area contributed by atoms with Gasteiger partial charge in [0.1, 0.15) is 21.5 Å². The Hall–Kier alpha value is -2.94. The first kappa shape index (κ1) is 18.8. The van der Waals surface area contributed by atoms with E-state index in [1.807, 2.05) is 0 Å². The van der Waals surface area contributed by atoms with Crippen LogP contribution in [0.15, 0.2) is 23.0 Å². The second kappa shape index (κ2) is 6.99. The number of carbonyl (C=O) groups excluding carboxylic acids is 1. The molecule has 0 aliphatic rings. The number of anilines is 1. The lowest BCUT2D eigenvalue weighted by molar-refractivity contribution is 0.102. The van der Waals surface area contributed by atoms with Gasteiger partial charge in [0.2, 0.25) is 0 Å². The third-order valence-corrected chi connectivity index (χ3v) is 5.30. The molecule has 1 N–H and O–H groups in total. The number of aryl methyl sites for hydroxylation is 3. The quantitative estimate of drug-likeness (QED) is 0.744. The van der Waals surface area contributed by atoms with Crippen molar-refractivity contribution >= 4 is 22.9 Å². The first-order valence-corrected chi connectivity index (χ1v) is 8.79. The van der Waals surface area contributed by atoms with Crippen molar-refractivity contribution in [2.75, 3.05) is 5.32 Å². The van der Waals surface area contributed by atoms with Gasteiger partial charge in [-0.15, -0.1) is 11.3 Å². The third-order valence-electron chi connectivity index (χ3n) is 4.12. The summed E-state index contributed by atoms with van der Waals surface area (Å²) in [4.78, 5) is 29.6. The minimum Gasteiger partial charge on any atom is -0.319 e. The van der Waals surface area contributed by atoms with E-state index in [1.165, 1.54) is 4.68 Å². The van der Waals surface area contributed by atoms with Crippen molar-refractivity contribution in [1.29, 1.82) is 0 Å². The SMILES string of the molecule is Cc1nc(-c2c(C)c(C)nn(C)c2=O)sc1C(=O)Nc1ccc(F)cc1F.